The third-order valence-corrected chi connectivity index (χ3v) is 3.95. The van der Waals surface area contributed by atoms with Crippen molar-refractivity contribution >= 4 is 11.6 Å². The first kappa shape index (κ1) is 18.1. The number of benzene rings is 2. The smallest absolute Gasteiger partial charge is 0.287 e. The Bertz CT molecular complexity index is 951. The molecule has 3 aromatic rings. The van der Waals surface area contributed by atoms with Gasteiger partial charge in [0.2, 0.25) is 0 Å². The highest BCUT2D eigenvalue weighted by Crippen LogP contribution is 2.31. The van der Waals surface area contributed by atoms with Crippen LogP contribution < -0.4 is 20.3 Å². The summed E-state index contributed by atoms with van der Waals surface area (Å²) in [4.78, 5) is 12.3. The van der Waals surface area contributed by atoms with Crippen LogP contribution >= 0.6 is 0 Å². The number of hydrazine groups is 1. The highest BCUT2D eigenvalue weighted by Gasteiger charge is 2.13. The van der Waals surface area contributed by atoms with Gasteiger partial charge in [-0.1, -0.05) is 36.9 Å². The molecule has 27 heavy (non-hydrogen) atoms. The summed E-state index contributed by atoms with van der Waals surface area (Å²) in [6.45, 7) is 3.90. The summed E-state index contributed by atoms with van der Waals surface area (Å²) in [5, 5.41) is 6.92. The Labute approximate surface area is 157 Å². The molecule has 0 fully saturated rings. The molecule has 3 rings (SSSR count). The monoisotopic (exact) mass is 364 g/mol. The van der Waals surface area contributed by atoms with Gasteiger partial charge in [0.15, 0.2) is 11.5 Å². The summed E-state index contributed by atoms with van der Waals surface area (Å²) in [7, 11) is 3.14. The topological polar surface area (TPSA) is 88.3 Å². The summed E-state index contributed by atoms with van der Waals surface area (Å²) < 4.78 is 10.5. The number of rotatable bonds is 7. The van der Waals surface area contributed by atoms with Gasteiger partial charge in [0.1, 0.15) is 5.69 Å². The van der Waals surface area contributed by atoms with Crippen molar-refractivity contribution in [3.63, 3.8) is 0 Å². The number of nitrogens with zero attached hydrogens (tertiary/aromatic N) is 1. The van der Waals surface area contributed by atoms with E-state index in [1.54, 1.807) is 32.4 Å². The molecule has 7 nitrogen and oxygen atoms in total. The predicted octanol–water partition coefficient (Wildman–Crippen LogP) is 3.00. The Morgan fingerprint density at radius 1 is 1.00 bits per heavy atom. The average Bonchev–Trinajstić information content (AvgIpc) is 3.22. The molecule has 1 aromatic heterocycles. The lowest BCUT2D eigenvalue weighted by molar-refractivity contribution is 0.0937. The number of nitrogens with one attached hydrogen (secondary N) is 3. The Morgan fingerprint density at radius 2 is 1.74 bits per heavy atom. The van der Waals surface area contributed by atoms with Crippen LogP contribution in [0, 0.1) is 0 Å². The summed E-state index contributed by atoms with van der Waals surface area (Å²) >= 11 is 0. The fraction of sp³-hybridized carbons (Fsp3) is 0.100. The molecule has 7 heteroatoms. The molecule has 3 N–H and O–H groups in total. The van der Waals surface area contributed by atoms with Gasteiger partial charge in [-0.25, -0.2) is 0 Å². The van der Waals surface area contributed by atoms with Crippen LogP contribution in [-0.4, -0.2) is 30.3 Å². The Morgan fingerprint density at radius 3 is 2.44 bits per heavy atom. The number of amides is 1. The van der Waals surface area contributed by atoms with E-state index in [2.05, 4.69) is 27.6 Å². The van der Waals surface area contributed by atoms with E-state index in [0.29, 0.717) is 28.6 Å². The van der Waals surface area contributed by atoms with Crippen molar-refractivity contribution in [2.45, 2.75) is 0 Å². The third kappa shape index (κ3) is 4.09. The number of H-pyrrole nitrogens is 1. The lowest BCUT2D eigenvalue weighted by atomic mass is 10.1. The number of aromatic amines is 1. The van der Waals surface area contributed by atoms with Crippen LogP contribution in [0.2, 0.25) is 0 Å². The van der Waals surface area contributed by atoms with Gasteiger partial charge in [-0.15, -0.1) is 0 Å². The molecule has 0 radical (unpaired) electrons. The number of hydrogen-bond acceptors (Lipinski definition) is 5. The van der Waals surface area contributed by atoms with Gasteiger partial charge < -0.3 is 9.47 Å². The highest BCUT2D eigenvalue weighted by atomic mass is 16.5. The van der Waals surface area contributed by atoms with E-state index in [4.69, 9.17) is 9.47 Å². The second-order valence-electron chi connectivity index (χ2n) is 5.66. The maximum Gasteiger partial charge on any atom is 0.287 e. The largest absolute Gasteiger partial charge is 0.493 e. The van der Waals surface area contributed by atoms with Crippen LogP contribution in [0.4, 0.5) is 0 Å². The predicted molar refractivity (Wildman–Crippen MR) is 103 cm³/mol. The zero-order valence-electron chi connectivity index (χ0n) is 15.1. The van der Waals surface area contributed by atoms with Gasteiger partial charge >= 0.3 is 0 Å². The first-order chi connectivity index (χ1) is 13.1. The molecule has 1 amide bonds. The maximum absolute atomic E-state index is 12.3. The van der Waals surface area contributed by atoms with Crippen molar-refractivity contribution < 1.29 is 14.3 Å². The SMILES string of the molecule is C=C(NNC(=O)c1cc(-c2ccc(OC)c(OC)c2)n[nH]1)c1ccccc1. The number of carbonyl (C=O) groups excluding carboxylic acids is 1. The molecular formula is C20H20N4O3. The van der Waals surface area contributed by atoms with Crippen LogP contribution in [-0.2, 0) is 0 Å². The third-order valence-electron chi connectivity index (χ3n) is 3.95. The van der Waals surface area contributed by atoms with Crippen LogP contribution in [0.5, 0.6) is 11.5 Å². The first-order valence-corrected chi connectivity index (χ1v) is 8.21. The zero-order valence-corrected chi connectivity index (χ0v) is 15.1. The van der Waals surface area contributed by atoms with Crippen molar-refractivity contribution in [2.24, 2.45) is 0 Å². The average molecular weight is 364 g/mol. The van der Waals surface area contributed by atoms with Crippen LogP contribution in [0.25, 0.3) is 17.0 Å². The molecular weight excluding hydrogens is 344 g/mol. The number of carbonyl (C=O) groups is 1. The van der Waals surface area contributed by atoms with Crippen molar-refractivity contribution in [3.8, 4) is 22.8 Å². The molecule has 0 aliphatic carbocycles. The summed E-state index contributed by atoms with van der Waals surface area (Å²) in [6, 6.07) is 16.6. The van der Waals surface area contributed by atoms with E-state index in [1.165, 1.54) is 0 Å². The van der Waals surface area contributed by atoms with Crippen molar-refractivity contribution in [2.75, 3.05) is 14.2 Å². The number of ether oxygens (including phenoxy) is 2. The van der Waals surface area contributed by atoms with Gasteiger partial charge in [-0.05, 0) is 29.8 Å². The minimum Gasteiger partial charge on any atom is -0.493 e. The van der Waals surface area contributed by atoms with E-state index >= 15 is 0 Å². The summed E-state index contributed by atoms with van der Waals surface area (Å²) in [5.74, 6) is 0.856. The van der Waals surface area contributed by atoms with E-state index in [9.17, 15) is 4.79 Å². The quantitative estimate of drug-likeness (QED) is 0.561. The molecule has 2 aromatic carbocycles. The zero-order chi connectivity index (χ0) is 19.2. The van der Waals surface area contributed by atoms with Crippen molar-refractivity contribution in [1.82, 2.24) is 21.0 Å². The van der Waals surface area contributed by atoms with Crippen LogP contribution in [0.3, 0.4) is 0 Å². The number of aromatic nitrogens is 2. The Hall–Kier alpha value is -3.74. The molecule has 0 bridgehead atoms. The minimum atomic E-state index is -0.355. The minimum absolute atomic E-state index is 0.313. The standard InChI is InChI=1S/C20H20N4O3/c1-13(14-7-5-4-6-8-14)21-24-20(25)17-12-16(22-23-17)15-9-10-18(26-2)19(11-15)27-3/h4-12,21H,1H2,2-3H3,(H,22,23)(H,24,25). The van der Waals surface area contributed by atoms with Gasteiger partial charge in [0.25, 0.3) is 5.91 Å². The van der Waals surface area contributed by atoms with Crippen molar-refractivity contribution in [3.05, 3.63) is 72.4 Å². The molecule has 0 saturated heterocycles. The van der Waals surface area contributed by atoms with E-state index in [0.717, 1.165) is 11.1 Å². The lowest BCUT2D eigenvalue weighted by Crippen LogP contribution is -2.36. The van der Waals surface area contributed by atoms with E-state index in [1.807, 2.05) is 36.4 Å². The molecule has 0 spiro atoms. The van der Waals surface area contributed by atoms with Gasteiger partial charge in [-0.3, -0.25) is 20.7 Å². The van der Waals surface area contributed by atoms with Gasteiger partial charge in [-0.2, -0.15) is 5.10 Å². The maximum atomic E-state index is 12.3. The van der Waals surface area contributed by atoms with E-state index < -0.39 is 0 Å². The number of hydrogen-bond donors (Lipinski definition) is 3. The molecule has 1 heterocycles. The molecule has 0 atom stereocenters. The Kier molecular flexibility index (Phi) is 5.41. The molecule has 0 unspecified atom stereocenters. The van der Waals surface area contributed by atoms with Crippen molar-refractivity contribution in [1.29, 1.82) is 0 Å². The lowest BCUT2D eigenvalue weighted by Gasteiger charge is -2.10. The van der Waals surface area contributed by atoms with E-state index in [-0.39, 0.29) is 5.91 Å². The van der Waals surface area contributed by atoms with Crippen LogP contribution in [0.1, 0.15) is 16.1 Å². The molecule has 138 valence electrons. The normalized spacial score (nSPS) is 10.1. The summed E-state index contributed by atoms with van der Waals surface area (Å²) in [6.07, 6.45) is 0. The second kappa shape index (κ2) is 8.09. The fourth-order valence-electron chi connectivity index (χ4n) is 2.49. The highest BCUT2D eigenvalue weighted by molar-refractivity contribution is 5.93. The first-order valence-electron chi connectivity index (χ1n) is 8.21. The number of methoxy groups -OCH3 is 2. The summed E-state index contributed by atoms with van der Waals surface area (Å²) in [5.41, 5.74) is 8.59. The molecule has 0 aliphatic heterocycles. The second-order valence-corrected chi connectivity index (χ2v) is 5.66. The van der Waals surface area contributed by atoms with Gasteiger partial charge in [0, 0.05) is 5.56 Å². The molecule has 0 saturated carbocycles. The van der Waals surface area contributed by atoms with Gasteiger partial charge in [0.05, 0.1) is 25.6 Å². The Balaban J connectivity index is 1.68. The van der Waals surface area contributed by atoms with Crippen LogP contribution in [0.15, 0.2) is 61.2 Å². The molecule has 0 aliphatic rings. The fourth-order valence-corrected chi connectivity index (χ4v) is 2.49.